The molecule has 1 aliphatic heterocycles. The quantitative estimate of drug-likeness (QED) is 0.233. The van der Waals surface area contributed by atoms with Crippen LogP contribution in [0.25, 0.3) is 0 Å². The minimum atomic E-state index is -0.738. The molecule has 0 bridgehead atoms. The van der Waals surface area contributed by atoms with Crippen molar-refractivity contribution in [1.29, 1.82) is 5.41 Å². The van der Waals surface area contributed by atoms with Crippen molar-refractivity contribution in [3.05, 3.63) is 53.9 Å². The lowest BCUT2D eigenvalue weighted by atomic mass is 10.1. The number of nitrogens with zero attached hydrogens (tertiary/aromatic N) is 1. The van der Waals surface area contributed by atoms with Crippen molar-refractivity contribution in [1.82, 2.24) is 20.5 Å². The zero-order valence-electron chi connectivity index (χ0n) is 17.3. The maximum Gasteiger partial charge on any atom is 0.249 e. The fraction of sp³-hybridized carbons (Fsp3) is 0.381. The summed E-state index contributed by atoms with van der Waals surface area (Å²) in [4.78, 5) is 30.2. The number of benzene rings is 1. The van der Waals surface area contributed by atoms with Gasteiger partial charge in [0.1, 0.15) is 11.9 Å². The number of nitrogens with two attached hydrogens (primary N) is 1. The Morgan fingerprint density at radius 3 is 2.71 bits per heavy atom. The van der Waals surface area contributed by atoms with Gasteiger partial charge in [0.15, 0.2) is 0 Å². The number of hydrogen-bond donors (Lipinski definition) is 6. The van der Waals surface area contributed by atoms with Crippen LogP contribution in [0.1, 0.15) is 17.3 Å². The van der Waals surface area contributed by atoms with Crippen LogP contribution in [0.2, 0.25) is 0 Å². The molecule has 1 aromatic heterocycles. The van der Waals surface area contributed by atoms with Crippen molar-refractivity contribution >= 4 is 23.3 Å². The number of carbonyl (C=O) groups is 2. The van der Waals surface area contributed by atoms with Crippen LogP contribution in [0, 0.1) is 5.41 Å². The molecule has 10 nitrogen and oxygen atoms in total. The highest BCUT2D eigenvalue weighted by molar-refractivity contribution is 5.96. The summed E-state index contributed by atoms with van der Waals surface area (Å²) >= 11 is 0. The maximum absolute atomic E-state index is 12.8. The maximum atomic E-state index is 12.8. The van der Waals surface area contributed by atoms with Gasteiger partial charge in [-0.2, -0.15) is 0 Å². The molecule has 1 saturated heterocycles. The van der Waals surface area contributed by atoms with Gasteiger partial charge in [-0.1, -0.05) is 12.1 Å². The van der Waals surface area contributed by atoms with Gasteiger partial charge in [0.25, 0.3) is 0 Å². The molecule has 3 rings (SSSR count). The summed E-state index contributed by atoms with van der Waals surface area (Å²) < 4.78 is 5.30. The number of nitrogen functional groups attached to an aromatic ring is 1. The number of aromatic amines is 1. The number of amides is 2. The monoisotopic (exact) mass is 427 g/mol. The average molecular weight is 428 g/mol. The highest BCUT2D eigenvalue weighted by Crippen LogP contribution is 2.19. The number of anilines is 1. The van der Waals surface area contributed by atoms with Gasteiger partial charge in [0, 0.05) is 49.3 Å². The van der Waals surface area contributed by atoms with E-state index >= 15 is 0 Å². The minimum absolute atomic E-state index is 0.0572. The van der Waals surface area contributed by atoms with Crippen LogP contribution in [-0.4, -0.2) is 73.5 Å². The first kappa shape index (κ1) is 22.3. The molecular weight excluding hydrogens is 398 g/mol. The number of carbonyl (C=O) groups excluding carboxylic acids is 2. The van der Waals surface area contributed by atoms with Crippen molar-refractivity contribution in [2.75, 3.05) is 51.3 Å². The third-order valence-corrected chi connectivity index (χ3v) is 4.96. The standard InChI is InChI=1S/C21H29N7O3/c22-20(23)15-3-1-4-16(13-15)27-19(17-5-2-6-24-17)21(30)26-14-18(29)25-7-8-28-9-11-31-12-10-28/h1-6,13,19,24,27H,7-12,14H2,(H3,22,23)(H,25,29)(H,26,30). The number of morpholine rings is 1. The molecule has 0 aliphatic carbocycles. The zero-order chi connectivity index (χ0) is 22.1. The first-order chi connectivity index (χ1) is 15.0. The molecular formula is C21H29N7O3. The summed E-state index contributed by atoms with van der Waals surface area (Å²) in [6.45, 7) is 4.31. The molecule has 31 heavy (non-hydrogen) atoms. The molecule has 10 heteroatoms. The Bertz CT molecular complexity index is 879. The van der Waals surface area contributed by atoms with Gasteiger partial charge in [0.2, 0.25) is 11.8 Å². The molecule has 1 fully saturated rings. The van der Waals surface area contributed by atoms with Gasteiger partial charge < -0.3 is 31.4 Å². The Balaban J connectivity index is 1.52. The zero-order valence-corrected chi connectivity index (χ0v) is 17.3. The van der Waals surface area contributed by atoms with Gasteiger partial charge in [-0.15, -0.1) is 0 Å². The molecule has 166 valence electrons. The fourth-order valence-corrected chi connectivity index (χ4v) is 3.26. The SMILES string of the molecule is N=C(N)c1cccc(NC(C(=O)NCC(=O)NCCN2CCOCC2)c2ccc[nH]2)c1. The van der Waals surface area contributed by atoms with Gasteiger partial charge in [-0.25, -0.2) is 0 Å². The van der Waals surface area contributed by atoms with Crippen LogP contribution in [-0.2, 0) is 14.3 Å². The van der Waals surface area contributed by atoms with E-state index < -0.39 is 6.04 Å². The number of aromatic nitrogens is 1. The second-order valence-corrected chi connectivity index (χ2v) is 7.22. The third kappa shape index (κ3) is 6.83. The summed E-state index contributed by atoms with van der Waals surface area (Å²) in [6, 6.07) is 9.80. The predicted molar refractivity (Wildman–Crippen MR) is 118 cm³/mol. The second-order valence-electron chi connectivity index (χ2n) is 7.22. The Kier molecular flexibility index (Phi) is 8.02. The van der Waals surface area contributed by atoms with Crippen molar-refractivity contribution in [3.63, 3.8) is 0 Å². The summed E-state index contributed by atoms with van der Waals surface area (Å²) in [5, 5.41) is 16.2. The lowest BCUT2D eigenvalue weighted by Gasteiger charge is -2.26. The van der Waals surface area contributed by atoms with Crippen molar-refractivity contribution in [3.8, 4) is 0 Å². The van der Waals surface area contributed by atoms with Crippen LogP contribution in [0.3, 0.4) is 0 Å². The summed E-state index contributed by atoms with van der Waals surface area (Å²) in [6.07, 6.45) is 1.72. The molecule has 2 heterocycles. The van der Waals surface area contributed by atoms with Gasteiger partial charge in [-0.05, 0) is 24.3 Å². The Morgan fingerprint density at radius 1 is 1.19 bits per heavy atom. The lowest BCUT2D eigenvalue weighted by Crippen LogP contribution is -2.44. The number of amidine groups is 1. The second kappa shape index (κ2) is 11.1. The normalized spacial score (nSPS) is 15.1. The highest BCUT2D eigenvalue weighted by atomic mass is 16.5. The largest absolute Gasteiger partial charge is 0.384 e. The molecule has 1 atom stereocenters. The van der Waals surface area contributed by atoms with E-state index in [4.69, 9.17) is 15.9 Å². The van der Waals surface area contributed by atoms with Crippen molar-refractivity contribution in [2.24, 2.45) is 5.73 Å². The van der Waals surface area contributed by atoms with Crippen LogP contribution in [0.5, 0.6) is 0 Å². The lowest BCUT2D eigenvalue weighted by molar-refractivity contribution is -0.126. The Morgan fingerprint density at radius 2 is 2.00 bits per heavy atom. The molecule has 2 amide bonds. The van der Waals surface area contributed by atoms with E-state index in [2.05, 4.69) is 25.8 Å². The third-order valence-electron chi connectivity index (χ3n) is 4.96. The topological polar surface area (TPSA) is 148 Å². The van der Waals surface area contributed by atoms with E-state index in [1.165, 1.54) is 0 Å². The molecule has 0 radical (unpaired) electrons. The number of rotatable bonds is 10. The van der Waals surface area contributed by atoms with E-state index in [0.29, 0.717) is 36.7 Å². The summed E-state index contributed by atoms with van der Waals surface area (Å²) in [5.41, 5.74) is 7.39. The van der Waals surface area contributed by atoms with Crippen LogP contribution in [0.15, 0.2) is 42.6 Å². The fourth-order valence-electron chi connectivity index (χ4n) is 3.26. The van der Waals surface area contributed by atoms with Gasteiger partial charge >= 0.3 is 0 Å². The minimum Gasteiger partial charge on any atom is -0.384 e. The molecule has 0 saturated carbocycles. The van der Waals surface area contributed by atoms with Crippen molar-refractivity contribution < 1.29 is 14.3 Å². The molecule has 1 unspecified atom stereocenters. The molecule has 2 aromatic rings. The van der Waals surface area contributed by atoms with Gasteiger partial charge in [0.05, 0.1) is 19.8 Å². The highest BCUT2D eigenvalue weighted by Gasteiger charge is 2.22. The first-order valence-electron chi connectivity index (χ1n) is 10.2. The summed E-state index contributed by atoms with van der Waals surface area (Å²) in [5.74, 6) is -0.650. The van der Waals surface area contributed by atoms with Crippen LogP contribution >= 0.6 is 0 Å². The van der Waals surface area contributed by atoms with E-state index in [1.54, 1.807) is 42.6 Å². The van der Waals surface area contributed by atoms with E-state index in [1.807, 2.05) is 0 Å². The predicted octanol–water partition coefficient (Wildman–Crippen LogP) is 0.0166. The number of nitrogens with one attached hydrogen (secondary N) is 5. The van der Waals surface area contributed by atoms with E-state index in [0.717, 1.165) is 19.6 Å². The average Bonchev–Trinajstić information content (AvgIpc) is 3.31. The van der Waals surface area contributed by atoms with E-state index in [9.17, 15) is 9.59 Å². The molecule has 1 aliphatic rings. The Hall–Kier alpha value is -3.37. The first-order valence-corrected chi connectivity index (χ1v) is 10.2. The van der Waals surface area contributed by atoms with Crippen molar-refractivity contribution in [2.45, 2.75) is 6.04 Å². The smallest absolute Gasteiger partial charge is 0.249 e. The number of hydrogen-bond acceptors (Lipinski definition) is 6. The van der Waals surface area contributed by atoms with Gasteiger partial charge in [-0.3, -0.25) is 19.9 Å². The van der Waals surface area contributed by atoms with Crippen LogP contribution < -0.4 is 21.7 Å². The summed E-state index contributed by atoms with van der Waals surface area (Å²) in [7, 11) is 0. The van der Waals surface area contributed by atoms with Crippen LogP contribution in [0.4, 0.5) is 5.69 Å². The Labute approximate surface area is 181 Å². The number of H-pyrrole nitrogens is 1. The van der Waals surface area contributed by atoms with E-state index in [-0.39, 0.29) is 24.2 Å². The number of ether oxygens (including phenoxy) is 1. The molecule has 7 N–H and O–H groups in total. The molecule has 0 spiro atoms. The molecule has 1 aromatic carbocycles.